The smallest absolute Gasteiger partial charge is 0.0241 e. The summed E-state index contributed by atoms with van der Waals surface area (Å²) in [4.78, 5) is 2.53. The maximum Gasteiger partial charge on any atom is 0.0241 e. The third-order valence-corrected chi connectivity index (χ3v) is 2.50. The van der Waals surface area contributed by atoms with Crippen LogP contribution in [0.1, 0.15) is 40.5 Å². The highest BCUT2D eigenvalue weighted by molar-refractivity contribution is 4.75. The van der Waals surface area contributed by atoms with E-state index in [4.69, 9.17) is 5.73 Å². The predicted molar refractivity (Wildman–Crippen MR) is 59.8 cm³/mol. The summed E-state index contributed by atoms with van der Waals surface area (Å²) in [6, 6.07) is 0.569. The molecule has 0 aliphatic heterocycles. The summed E-state index contributed by atoms with van der Waals surface area (Å²) >= 11 is 0. The SMILES string of the molecule is CCCN(CCC)C(CN)C(C)C. The van der Waals surface area contributed by atoms with E-state index in [9.17, 15) is 0 Å². The quantitative estimate of drug-likeness (QED) is 0.659. The second-order valence-corrected chi connectivity index (χ2v) is 4.08. The molecule has 13 heavy (non-hydrogen) atoms. The lowest BCUT2D eigenvalue weighted by Gasteiger charge is -2.33. The molecule has 0 aromatic carbocycles. The van der Waals surface area contributed by atoms with Crippen LogP contribution in [-0.2, 0) is 0 Å². The largest absolute Gasteiger partial charge is 0.329 e. The van der Waals surface area contributed by atoms with Crippen LogP contribution in [0.4, 0.5) is 0 Å². The van der Waals surface area contributed by atoms with Gasteiger partial charge in [-0.3, -0.25) is 4.90 Å². The highest BCUT2D eigenvalue weighted by Gasteiger charge is 2.18. The average molecular weight is 186 g/mol. The number of nitrogens with zero attached hydrogens (tertiary/aromatic N) is 1. The minimum Gasteiger partial charge on any atom is -0.329 e. The molecule has 0 radical (unpaired) electrons. The Morgan fingerprint density at radius 1 is 1.08 bits per heavy atom. The summed E-state index contributed by atoms with van der Waals surface area (Å²) in [7, 11) is 0. The Morgan fingerprint density at radius 3 is 1.77 bits per heavy atom. The molecule has 0 aliphatic carbocycles. The summed E-state index contributed by atoms with van der Waals surface area (Å²) in [5, 5.41) is 0. The van der Waals surface area contributed by atoms with Gasteiger partial charge in [0.2, 0.25) is 0 Å². The van der Waals surface area contributed by atoms with Gasteiger partial charge in [0.25, 0.3) is 0 Å². The summed E-state index contributed by atoms with van der Waals surface area (Å²) < 4.78 is 0. The summed E-state index contributed by atoms with van der Waals surface area (Å²) in [6.45, 7) is 12.2. The molecule has 0 bridgehead atoms. The monoisotopic (exact) mass is 186 g/mol. The standard InChI is InChI=1S/C11H26N2/c1-5-7-13(8-6-2)11(9-12)10(3)4/h10-11H,5-9,12H2,1-4H3. The molecule has 0 amide bonds. The summed E-state index contributed by atoms with van der Waals surface area (Å²) in [5.41, 5.74) is 5.79. The third kappa shape index (κ3) is 4.63. The highest BCUT2D eigenvalue weighted by Crippen LogP contribution is 2.10. The Kier molecular flexibility index (Phi) is 7.29. The van der Waals surface area contributed by atoms with E-state index in [1.807, 2.05) is 0 Å². The van der Waals surface area contributed by atoms with Gasteiger partial charge < -0.3 is 5.73 Å². The molecule has 0 saturated carbocycles. The first kappa shape index (κ1) is 12.9. The molecule has 0 saturated heterocycles. The molecule has 0 aliphatic rings. The van der Waals surface area contributed by atoms with E-state index < -0.39 is 0 Å². The first-order valence-electron chi connectivity index (χ1n) is 5.61. The number of nitrogens with two attached hydrogens (primary N) is 1. The van der Waals surface area contributed by atoms with Crippen molar-refractivity contribution in [2.24, 2.45) is 11.7 Å². The second-order valence-electron chi connectivity index (χ2n) is 4.08. The van der Waals surface area contributed by atoms with Gasteiger partial charge in [0.15, 0.2) is 0 Å². The highest BCUT2D eigenvalue weighted by atomic mass is 15.2. The van der Waals surface area contributed by atoms with Crippen molar-refractivity contribution in [1.82, 2.24) is 4.90 Å². The summed E-state index contributed by atoms with van der Waals surface area (Å²) in [6.07, 6.45) is 2.45. The Morgan fingerprint density at radius 2 is 1.54 bits per heavy atom. The molecule has 2 heteroatoms. The Balaban J connectivity index is 4.11. The Hall–Kier alpha value is -0.0800. The van der Waals surface area contributed by atoms with Crippen molar-refractivity contribution in [1.29, 1.82) is 0 Å². The molecule has 0 rings (SSSR count). The first-order valence-corrected chi connectivity index (χ1v) is 5.61. The average Bonchev–Trinajstić information content (AvgIpc) is 2.05. The van der Waals surface area contributed by atoms with E-state index >= 15 is 0 Å². The molecule has 0 heterocycles. The lowest BCUT2D eigenvalue weighted by atomic mass is 10.0. The molecular weight excluding hydrogens is 160 g/mol. The van der Waals surface area contributed by atoms with E-state index in [0.717, 1.165) is 6.54 Å². The first-order chi connectivity index (χ1) is 6.17. The zero-order valence-corrected chi connectivity index (χ0v) is 9.71. The van der Waals surface area contributed by atoms with Crippen molar-refractivity contribution in [3.63, 3.8) is 0 Å². The van der Waals surface area contributed by atoms with Crippen LogP contribution < -0.4 is 5.73 Å². The van der Waals surface area contributed by atoms with Gasteiger partial charge in [-0.05, 0) is 31.8 Å². The minimum absolute atomic E-state index is 0.569. The van der Waals surface area contributed by atoms with Crippen LogP contribution in [0.5, 0.6) is 0 Å². The fourth-order valence-corrected chi connectivity index (χ4v) is 1.86. The maximum atomic E-state index is 5.79. The van der Waals surface area contributed by atoms with Gasteiger partial charge >= 0.3 is 0 Å². The van der Waals surface area contributed by atoms with Crippen molar-refractivity contribution in [2.75, 3.05) is 19.6 Å². The van der Waals surface area contributed by atoms with E-state index in [-0.39, 0.29) is 0 Å². The van der Waals surface area contributed by atoms with Gasteiger partial charge in [-0.2, -0.15) is 0 Å². The van der Waals surface area contributed by atoms with Gasteiger partial charge in [0.1, 0.15) is 0 Å². The fraction of sp³-hybridized carbons (Fsp3) is 1.00. The zero-order valence-electron chi connectivity index (χ0n) is 9.71. The van der Waals surface area contributed by atoms with E-state index in [2.05, 4.69) is 32.6 Å². The zero-order chi connectivity index (χ0) is 10.3. The van der Waals surface area contributed by atoms with Crippen molar-refractivity contribution in [2.45, 2.75) is 46.6 Å². The summed E-state index contributed by atoms with van der Waals surface area (Å²) in [5.74, 6) is 0.670. The van der Waals surface area contributed by atoms with Gasteiger partial charge in [-0.25, -0.2) is 0 Å². The Labute approximate surface area is 83.5 Å². The fourth-order valence-electron chi connectivity index (χ4n) is 1.86. The Bertz CT molecular complexity index is 107. The van der Waals surface area contributed by atoms with Crippen LogP contribution in [0.15, 0.2) is 0 Å². The van der Waals surface area contributed by atoms with Crippen LogP contribution in [0.2, 0.25) is 0 Å². The predicted octanol–water partition coefficient (Wildman–Crippen LogP) is 2.09. The second kappa shape index (κ2) is 7.34. The van der Waals surface area contributed by atoms with Crippen molar-refractivity contribution in [3.8, 4) is 0 Å². The lowest BCUT2D eigenvalue weighted by Crippen LogP contribution is -2.44. The van der Waals surface area contributed by atoms with Crippen molar-refractivity contribution >= 4 is 0 Å². The van der Waals surface area contributed by atoms with Crippen LogP contribution in [0, 0.1) is 5.92 Å². The topological polar surface area (TPSA) is 29.3 Å². The van der Waals surface area contributed by atoms with E-state index in [1.165, 1.54) is 25.9 Å². The van der Waals surface area contributed by atoms with Crippen LogP contribution in [-0.4, -0.2) is 30.6 Å². The molecular formula is C11H26N2. The van der Waals surface area contributed by atoms with Crippen molar-refractivity contribution < 1.29 is 0 Å². The molecule has 0 spiro atoms. The molecule has 1 atom stereocenters. The minimum atomic E-state index is 0.569. The lowest BCUT2D eigenvalue weighted by molar-refractivity contribution is 0.160. The normalized spacial score (nSPS) is 14.1. The molecule has 1 unspecified atom stereocenters. The molecule has 2 nitrogen and oxygen atoms in total. The molecule has 0 aromatic rings. The van der Waals surface area contributed by atoms with Crippen LogP contribution >= 0.6 is 0 Å². The van der Waals surface area contributed by atoms with Crippen LogP contribution in [0.3, 0.4) is 0 Å². The third-order valence-electron chi connectivity index (χ3n) is 2.50. The number of hydrogen-bond donors (Lipinski definition) is 1. The number of rotatable bonds is 7. The maximum absolute atomic E-state index is 5.79. The van der Waals surface area contributed by atoms with E-state index in [1.54, 1.807) is 0 Å². The van der Waals surface area contributed by atoms with Crippen LogP contribution in [0.25, 0.3) is 0 Å². The van der Waals surface area contributed by atoms with Gasteiger partial charge in [0, 0.05) is 12.6 Å². The number of hydrogen-bond acceptors (Lipinski definition) is 2. The molecule has 2 N–H and O–H groups in total. The molecule has 80 valence electrons. The van der Waals surface area contributed by atoms with E-state index in [0.29, 0.717) is 12.0 Å². The van der Waals surface area contributed by atoms with Gasteiger partial charge in [-0.15, -0.1) is 0 Å². The molecule has 0 fully saturated rings. The van der Waals surface area contributed by atoms with Crippen molar-refractivity contribution in [3.05, 3.63) is 0 Å². The molecule has 0 aromatic heterocycles. The van der Waals surface area contributed by atoms with Gasteiger partial charge in [-0.1, -0.05) is 27.7 Å². The van der Waals surface area contributed by atoms with Gasteiger partial charge in [0.05, 0.1) is 0 Å².